The summed E-state index contributed by atoms with van der Waals surface area (Å²) in [7, 11) is 0. The topological polar surface area (TPSA) is 60.2 Å². The van der Waals surface area contributed by atoms with Crippen molar-refractivity contribution < 1.29 is 9.53 Å². The van der Waals surface area contributed by atoms with Crippen molar-refractivity contribution in [2.45, 2.75) is 31.8 Å². The van der Waals surface area contributed by atoms with Gasteiger partial charge in [-0.25, -0.2) is 9.67 Å². The highest BCUT2D eigenvalue weighted by molar-refractivity contribution is 5.97. The Morgan fingerprint density at radius 2 is 2.04 bits per heavy atom. The Morgan fingerprint density at radius 3 is 2.76 bits per heavy atom. The van der Waals surface area contributed by atoms with E-state index < -0.39 is 0 Å². The molecule has 1 aromatic heterocycles. The number of hydrogen-bond acceptors (Lipinski definition) is 4. The molecule has 0 N–H and O–H groups in total. The average molecular weight is 338 g/mol. The highest BCUT2D eigenvalue weighted by Gasteiger charge is 2.37. The highest BCUT2D eigenvalue weighted by atomic mass is 16.5. The van der Waals surface area contributed by atoms with Crippen LogP contribution in [0.3, 0.4) is 0 Å². The number of likely N-dealkylation sites (tertiary alicyclic amines) is 1. The molecule has 1 amide bonds. The van der Waals surface area contributed by atoms with Crippen LogP contribution in [-0.4, -0.2) is 50.9 Å². The van der Waals surface area contributed by atoms with Crippen LogP contribution in [0.5, 0.6) is 0 Å². The predicted molar refractivity (Wildman–Crippen MR) is 93.6 cm³/mol. The monoisotopic (exact) mass is 338 g/mol. The van der Waals surface area contributed by atoms with Crippen LogP contribution in [0.2, 0.25) is 0 Å². The van der Waals surface area contributed by atoms with Crippen molar-refractivity contribution in [2.24, 2.45) is 0 Å². The van der Waals surface area contributed by atoms with Crippen LogP contribution in [0.25, 0.3) is 5.69 Å². The summed E-state index contributed by atoms with van der Waals surface area (Å²) in [6, 6.07) is 7.53. The second-order valence-electron chi connectivity index (χ2n) is 6.80. The lowest BCUT2D eigenvalue weighted by Crippen LogP contribution is -2.48. The molecule has 1 saturated heterocycles. The summed E-state index contributed by atoms with van der Waals surface area (Å²) in [6.45, 7) is 4.35. The van der Waals surface area contributed by atoms with Gasteiger partial charge in [0, 0.05) is 13.1 Å². The van der Waals surface area contributed by atoms with E-state index in [4.69, 9.17) is 4.74 Å². The molecule has 6 heteroatoms. The fourth-order valence-electron chi connectivity index (χ4n) is 3.71. The molecule has 130 valence electrons. The van der Waals surface area contributed by atoms with E-state index in [1.807, 2.05) is 29.2 Å². The molecular weight excluding hydrogens is 316 g/mol. The Bertz CT molecular complexity index is 790. The normalized spacial score (nSPS) is 19.7. The molecule has 0 bridgehead atoms. The number of hydrogen-bond donors (Lipinski definition) is 0. The lowest BCUT2D eigenvalue weighted by molar-refractivity contribution is -0.0522. The summed E-state index contributed by atoms with van der Waals surface area (Å²) in [6.07, 6.45) is 8.06. The summed E-state index contributed by atoms with van der Waals surface area (Å²) >= 11 is 0. The summed E-state index contributed by atoms with van der Waals surface area (Å²) in [4.78, 5) is 19.0. The molecule has 0 radical (unpaired) electrons. The number of nitrogens with zero attached hydrogens (tertiary/aromatic N) is 4. The highest BCUT2D eigenvalue weighted by Crippen LogP contribution is 2.33. The molecule has 4 rings (SSSR count). The van der Waals surface area contributed by atoms with Crippen molar-refractivity contribution in [3.8, 4) is 5.69 Å². The van der Waals surface area contributed by atoms with Gasteiger partial charge in [-0.2, -0.15) is 5.10 Å². The zero-order valence-electron chi connectivity index (χ0n) is 14.4. The summed E-state index contributed by atoms with van der Waals surface area (Å²) in [5, 5.41) is 4.16. The first-order valence-corrected chi connectivity index (χ1v) is 8.72. The fraction of sp³-hybridized carbons (Fsp3) is 0.421. The Balaban J connectivity index is 1.53. The van der Waals surface area contributed by atoms with Crippen LogP contribution in [0.15, 0.2) is 48.6 Å². The van der Waals surface area contributed by atoms with Gasteiger partial charge < -0.3 is 9.64 Å². The zero-order valence-corrected chi connectivity index (χ0v) is 14.4. The van der Waals surface area contributed by atoms with Gasteiger partial charge in [-0.05, 0) is 38.3 Å². The first-order chi connectivity index (χ1) is 12.2. The molecule has 1 spiro atoms. The van der Waals surface area contributed by atoms with Gasteiger partial charge in [0.1, 0.15) is 12.7 Å². The minimum absolute atomic E-state index is 0.0393. The number of ether oxygens (including phenoxy) is 1. The summed E-state index contributed by atoms with van der Waals surface area (Å²) in [5.41, 5.74) is 2.63. The molecule has 6 nitrogen and oxygen atoms in total. The maximum absolute atomic E-state index is 13.1. The van der Waals surface area contributed by atoms with Crippen LogP contribution in [0.4, 0.5) is 0 Å². The first kappa shape index (κ1) is 16.0. The molecule has 0 unspecified atom stereocenters. The van der Waals surface area contributed by atoms with Crippen molar-refractivity contribution >= 4 is 5.91 Å². The minimum atomic E-state index is -0.176. The number of rotatable bonds is 2. The number of aromatic nitrogens is 3. The van der Waals surface area contributed by atoms with Gasteiger partial charge in [0.25, 0.3) is 5.91 Å². The quantitative estimate of drug-likeness (QED) is 0.790. The van der Waals surface area contributed by atoms with Crippen molar-refractivity contribution in [1.82, 2.24) is 19.7 Å². The summed E-state index contributed by atoms with van der Waals surface area (Å²) < 4.78 is 7.69. The summed E-state index contributed by atoms with van der Waals surface area (Å²) in [5.74, 6) is 0.0393. The van der Waals surface area contributed by atoms with Gasteiger partial charge in [-0.1, -0.05) is 23.8 Å². The van der Waals surface area contributed by atoms with E-state index in [9.17, 15) is 4.79 Å². The van der Waals surface area contributed by atoms with Gasteiger partial charge in [-0.3, -0.25) is 4.79 Å². The molecule has 1 fully saturated rings. The van der Waals surface area contributed by atoms with Crippen molar-refractivity contribution in [2.75, 3.05) is 19.7 Å². The van der Waals surface area contributed by atoms with E-state index in [1.165, 1.54) is 11.9 Å². The van der Waals surface area contributed by atoms with E-state index in [0.717, 1.165) is 31.6 Å². The van der Waals surface area contributed by atoms with Gasteiger partial charge >= 0.3 is 0 Å². The van der Waals surface area contributed by atoms with E-state index in [-0.39, 0.29) is 11.5 Å². The Hall–Kier alpha value is -2.47. The fourth-order valence-corrected chi connectivity index (χ4v) is 3.71. The molecule has 0 saturated carbocycles. The van der Waals surface area contributed by atoms with Gasteiger partial charge in [-0.15, -0.1) is 0 Å². The van der Waals surface area contributed by atoms with Crippen LogP contribution < -0.4 is 0 Å². The number of piperidine rings is 1. The predicted octanol–water partition coefficient (Wildman–Crippen LogP) is 2.61. The Morgan fingerprint density at radius 1 is 1.24 bits per heavy atom. The van der Waals surface area contributed by atoms with E-state index in [0.29, 0.717) is 18.7 Å². The number of carbonyl (C=O) groups excluding carboxylic acids is 1. The molecule has 3 heterocycles. The molecule has 2 aliphatic heterocycles. The molecule has 1 aromatic carbocycles. The molecular formula is C19H22N4O2. The third kappa shape index (κ3) is 3.09. The van der Waals surface area contributed by atoms with Crippen molar-refractivity contribution in [3.05, 3.63) is 54.1 Å². The molecule has 0 atom stereocenters. The minimum Gasteiger partial charge on any atom is -0.370 e. The number of carbonyl (C=O) groups is 1. The lowest BCUT2D eigenvalue weighted by Gasteiger charge is -2.42. The molecule has 25 heavy (non-hydrogen) atoms. The van der Waals surface area contributed by atoms with Crippen LogP contribution >= 0.6 is 0 Å². The Kier molecular flexibility index (Phi) is 4.13. The molecule has 2 aromatic rings. The van der Waals surface area contributed by atoms with Crippen molar-refractivity contribution in [1.29, 1.82) is 0 Å². The van der Waals surface area contributed by atoms with Gasteiger partial charge in [0.2, 0.25) is 0 Å². The smallest absolute Gasteiger partial charge is 0.256 e. The van der Waals surface area contributed by atoms with E-state index in [2.05, 4.69) is 23.1 Å². The maximum Gasteiger partial charge on any atom is 0.256 e. The second-order valence-corrected chi connectivity index (χ2v) is 6.80. The van der Waals surface area contributed by atoms with E-state index in [1.54, 1.807) is 11.0 Å². The van der Waals surface area contributed by atoms with Gasteiger partial charge in [0.05, 0.1) is 23.5 Å². The average Bonchev–Trinajstić information content (AvgIpc) is 3.16. The molecule has 0 aliphatic carbocycles. The van der Waals surface area contributed by atoms with Crippen molar-refractivity contribution in [3.63, 3.8) is 0 Å². The molecule has 2 aliphatic rings. The maximum atomic E-state index is 13.1. The second kappa shape index (κ2) is 6.44. The van der Waals surface area contributed by atoms with Gasteiger partial charge in [0.15, 0.2) is 0 Å². The lowest BCUT2D eigenvalue weighted by atomic mass is 9.86. The number of amides is 1. The largest absolute Gasteiger partial charge is 0.370 e. The first-order valence-electron chi connectivity index (χ1n) is 8.72. The number of para-hydroxylation sites is 1. The van der Waals surface area contributed by atoms with Crippen LogP contribution in [0, 0.1) is 0 Å². The Labute approximate surface area is 147 Å². The van der Waals surface area contributed by atoms with Crippen LogP contribution in [0.1, 0.15) is 36.5 Å². The van der Waals surface area contributed by atoms with Crippen LogP contribution in [-0.2, 0) is 4.74 Å². The third-order valence-corrected chi connectivity index (χ3v) is 5.09. The SMILES string of the molecule is CC1=CC2(CCN(C(=O)c3ccccc3-n3cncn3)CC2)OCC1. The van der Waals surface area contributed by atoms with E-state index >= 15 is 0 Å². The number of benzene rings is 1. The third-order valence-electron chi connectivity index (χ3n) is 5.09. The standard InChI is InChI=1S/C19H22N4O2/c1-15-6-11-25-19(12-15)7-9-22(10-8-19)18(24)16-4-2-3-5-17(16)23-14-20-13-21-23/h2-5,12-14H,6-11H2,1H3. The zero-order chi connectivity index (χ0) is 17.3.